The van der Waals surface area contributed by atoms with Crippen LogP contribution < -0.4 is 4.74 Å². The number of carboxylic acids is 1. The van der Waals surface area contributed by atoms with E-state index in [2.05, 4.69) is 0 Å². The van der Waals surface area contributed by atoms with E-state index in [1.807, 2.05) is 6.07 Å². The van der Waals surface area contributed by atoms with Gasteiger partial charge in [0.1, 0.15) is 17.6 Å². The van der Waals surface area contributed by atoms with Gasteiger partial charge in [0.05, 0.1) is 0 Å². The van der Waals surface area contributed by atoms with Gasteiger partial charge in [-0.2, -0.15) is 0 Å². The zero-order valence-corrected chi connectivity index (χ0v) is 10.4. The van der Waals surface area contributed by atoms with Crippen LogP contribution in [0.15, 0.2) is 54.6 Å². The molecule has 0 saturated heterocycles. The predicted octanol–water partition coefficient (Wildman–Crippen LogP) is 2.94. The lowest BCUT2D eigenvalue weighted by molar-refractivity contribution is -0.147. The number of benzene rings is 2. The lowest BCUT2D eigenvalue weighted by Gasteiger charge is -2.14. The molecule has 20 heavy (non-hydrogen) atoms. The number of rotatable bonds is 5. The van der Waals surface area contributed by atoms with Crippen molar-refractivity contribution < 1.29 is 24.1 Å². The van der Waals surface area contributed by atoms with Crippen molar-refractivity contribution in [2.75, 3.05) is 0 Å². The summed E-state index contributed by atoms with van der Waals surface area (Å²) in [5.41, 5.74) is 0.147. The summed E-state index contributed by atoms with van der Waals surface area (Å²) in [5.74, 6) is -0.716. The molecule has 0 amide bonds. The van der Waals surface area contributed by atoms with Gasteiger partial charge in [-0.05, 0) is 29.8 Å². The lowest BCUT2D eigenvalue weighted by atomic mass is 10.1. The van der Waals surface area contributed by atoms with Gasteiger partial charge < -0.3 is 14.9 Å². The topological polar surface area (TPSA) is 66.8 Å². The van der Waals surface area contributed by atoms with Gasteiger partial charge >= 0.3 is 5.97 Å². The number of hydrogen-bond acceptors (Lipinski definition) is 3. The Labute approximate surface area is 115 Å². The first-order valence-corrected chi connectivity index (χ1v) is 5.96. The maximum Gasteiger partial charge on any atom is 0.341 e. The maximum absolute atomic E-state index is 13.3. The average Bonchev–Trinajstić information content (AvgIpc) is 2.47. The summed E-state index contributed by atoms with van der Waals surface area (Å²) in [6.45, 7) is 0. The van der Waals surface area contributed by atoms with Crippen LogP contribution in [0.4, 0.5) is 4.39 Å². The molecule has 0 aromatic heterocycles. The molecule has 0 aliphatic rings. The first-order chi connectivity index (χ1) is 9.58. The smallest absolute Gasteiger partial charge is 0.341 e. The molecule has 0 heterocycles. The van der Waals surface area contributed by atoms with E-state index in [1.165, 1.54) is 12.1 Å². The van der Waals surface area contributed by atoms with E-state index in [-0.39, 0.29) is 5.56 Å². The first-order valence-electron chi connectivity index (χ1n) is 5.96. The normalized spacial score (nSPS) is 13.5. The van der Waals surface area contributed by atoms with Crippen LogP contribution in [0.5, 0.6) is 11.5 Å². The third-order valence-electron chi connectivity index (χ3n) is 2.69. The van der Waals surface area contributed by atoms with Gasteiger partial charge in [-0.25, -0.2) is 9.18 Å². The van der Waals surface area contributed by atoms with E-state index < -0.39 is 18.2 Å². The lowest BCUT2D eigenvalue weighted by Crippen LogP contribution is -2.23. The molecule has 0 aliphatic heterocycles. The van der Waals surface area contributed by atoms with E-state index in [4.69, 9.17) is 9.84 Å². The summed E-state index contributed by atoms with van der Waals surface area (Å²) < 4.78 is 18.8. The Morgan fingerprint density at radius 3 is 2.35 bits per heavy atom. The fourth-order valence-corrected chi connectivity index (χ4v) is 1.69. The summed E-state index contributed by atoms with van der Waals surface area (Å²) in [4.78, 5) is 10.5. The molecule has 2 unspecified atom stereocenters. The Bertz CT molecular complexity index is 585. The van der Waals surface area contributed by atoms with E-state index in [0.717, 1.165) is 0 Å². The zero-order valence-electron chi connectivity index (χ0n) is 10.4. The minimum Gasteiger partial charge on any atom is -0.479 e. The van der Waals surface area contributed by atoms with Crippen LogP contribution in [0.3, 0.4) is 0 Å². The molecule has 0 aliphatic carbocycles. The van der Waals surface area contributed by atoms with Crippen LogP contribution >= 0.6 is 0 Å². The molecule has 5 heteroatoms. The van der Waals surface area contributed by atoms with Crippen molar-refractivity contribution in [2.45, 2.75) is 12.3 Å². The molecular weight excluding hydrogens is 263 g/mol. The molecule has 0 fully saturated rings. The fraction of sp³-hybridized carbons (Fsp3) is 0.133. The predicted molar refractivity (Wildman–Crippen MR) is 70.4 cm³/mol. The molecule has 2 aromatic rings. The number of alkyl halides is 1. The van der Waals surface area contributed by atoms with Gasteiger partial charge in [-0.3, -0.25) is 0 Å². The van der Waals surface area contributed by atoms with Gasteiger partial charge in [0.25, 0.3) is 0 Å². The molecule has 0 saturated carbocycles. The highest BCUT2D eigenvalue weighted by Gasteiger charge is 2.27. The van der Waals surface area contributed by atoms with Crippen molar-refractivity contribution in [1.29, 1.82) is 0 Å². The number of aliphatic hydroxyl groups is 1. The molecule has 0 spiro atoms. The number of ether oxygens (including phenoxy) is 1. The average molecular weight is 276 g/mol. The van der Waals surface area contributed by atoms with Gasteiger partial charge in [0, 0.05) is 0 Å². The van der Waals surface area contributed by atoms with Crippen molar-refractivity contribution in [3.8, 4) is 11.5 Å². The summed E-state index contributed by atoms with van der Waals surface area (Å²) >= 11 is 0. The number of halogens is 1. The van der Waals surface area contributed by atoms with Crippen LogP contribution in [0.2, 0.25) is 0 Å². The van der Waals surface area contributed by atoms with Crippen LogP contribution in [-0.2, 0) is 4.79 Å². The number of aliphatic carboxylic acids is 1. The Morgan fingerprint density at radius 2 is 1.70 bits per heavy atom. The van der Waals surface area contributed by atoms with Crippen LogP contribution in [0.25, 0.3) is 0 Å². The molecule has 0 radical (unpaired) electrons. The second-order valence-corrected chi connectivity index (χ2v) is 4.17. The standard InChI is InChI=1S/C15H13FO4/c16-13(15(18)19)14(17)10-5-4-8-12(9-10)20-11-6-2-1-3-7-11/h1-9,13-14,17H,(H,18,19). The molecule has 104 valence electrons. The summed E-state index contributed by atoms with van der Waals surface area (Å²) in [6, 6.07) is 15.0. The fourth-order valence-electron chi connectivity index (χ4n) is 1.69. The Kier molecular flexibility index (Phi) is 4.32. The van der Waals surface area contributed by atoms with Crippen LogP contribution in [-0.4, -0.2) is 22.4 Å². The molecule has 2 rings (SSSR count). The number of carbonyl (C=O) groups is 1. The third kappa shape index (κ3) is 3.33. The van der Waals surface area contributed by atoms with Crippen molar-refractivity contribution in [3.05, 3.63) is 60.2 Å². The molecule has 0 bridgehead atoms. The summed E-state index contributed by atoms with van der Waals surface area (Å²) in [6.07, 6.45) is -4.10. The molecule has 2 aromatic carbocycles. The number of carboxylic acid groups (broad SMARTS) is 1. The Morgan fingerprint density at radius 1 is 1.05 bits per heavy atom. The third-order valence-corrected chi connectivity index (χ3v) is 2.69. The van der Waals surface area contributed by atoms with Crippen LogP contribution in [0, 0.1) is 0 Å². The van der Waals surface area contributed by atoms with Gasteiger partial charge in [0.2, 0.25) is 6.17 Å². The van der Waals surface area contributed by atoms with Crippen molar-refractivity contribution in [3.63, 3.8) is 0 Å². The monoisotopic (exact) mass is 276 g/mol. The number of aliphatic hydroxyl groups excluding tert-OH is 1. The van der Waals surface area contributed by atoms with Gasteiger partial charge in [0.15, 0.2) is 0 Å². The number of para-hydroxylation sites is 1. The van der Waals surface area contributed by atoms with Crippen molar-refractivity contribution in [2.24, 2.45) is 0 Å². The summed E-state index contributed by atoms with van der Waals surface area (Å²) in [5, 5.41) is 18.2. The largest absolute Gasteiger partial charge is 0.479 e. The maximum atomic E-state index is 13.3. The highest BCUT2D eigenvalue weighted by atomic mass is 19.1. The second kappa shape index (κ2) is 6.16. The minimum absolute atomic E-state index is 0.147. The molecule has 2 atom stereocenters. The van der Waals surface area contributed by atoms with E-state index >= 15 is 0 Å². The van der Waals surface area contributed by atoms with E-state index in [1.54, 1.807) is 36.4 Å². The highest BCUT2D eigenvalue weighted by molar-refractivity contribution is 5.73. The molecule has 2 N–H and O–H groups in total. The zero-order chi connectivity index (χ0) is 14.5. The van der Waals surface area contributed by atoms with Gasteiger partial charge in [-0.15, -0.1) is 0 Å². The van der Waals surface area contributed by atoms with E-state index in [9.17, 15) is 14.3 Å². The molecular formula is C15H13FO4. The van der Waals surface area contributed by atoms with E-state index in [0.29, 0.717) is 11.5 Å². The van der Waals surface area contributed by atoms with Gasteiger partial charge in [-0.1, -0.05) is 30.3 Å². The number of hydrogen-bond donors (Lipinski definition) is 2. The Hall–Kier alpha value is -2.40. The summed E-state index contributed by atoms with van der Waals surface area (Å²) in [7, 11) is 0. The highest BCUT2D eigenvalue weighted by Crippen LogP contribution is 2.26. The quantitative estimate of drug-likeness (QED) is 0.881. The SMILES string of the molecule is O=C(O)C(F)C(O)c1cccc(Oc2ccccc2)c1. The first kappa shape index (κ1) is 14.0. The Balaban J connectivity index is 2.18. The van der Waals surface area contributed by atoms with Crippen molar-refractivity contribution in [1.82, 2.24) is 0 Å². The minimum atomic E-state index is -2.37. The van der Waals surface area contributed by atoms with Crippen LogP contribution in [0.1, 0.15) is 11.7 Å². The molecule has 4 nitrogen and oxygen atoms in total. The van der Waals surface area contributed by atoms with Crippen molar-refractivity contribution >= 4 is 5.97 Å². The second-order valence-electron chi connectivity index (χ2n) is 4.17.